The zero-order valence-electron chi connectivity index (χ0n) is 13.4. The first-order valence-electron chi connectivity index (χ1n) is 8.65. The van der Waals surface area contributed by atoms with Gasteiger partial charge in [0.25, 0.3) is 5.91 Å². The van der Waals surface area contributed by atoms with Gasteiger partial charge in [0.05, 0.1) is 0 Å². The van der Waals surface area contributed by atoms with Gasteiger partial charge in [-0.2, -0.15) is 0 Å². The van der Waals surface area contributed by atoms with Gasteiger partial charge in [0.2, 0.25) is 0 Å². The number of rotatable bonds is 2. The van der Waals surface area contributed by atoms with Crippen molar-refractivity contribution in [1.82, 2.24) is 4.90 Å². The number of likely N-dealkylation sites (tertiary alicyclic amines) is 1. The van der Waals surface area contributed by atoms with Gasteiger partial charge in [-0.05, 0) is 55.9 Å². The Hall–Kier alpha value is -1.35. The maximum atomic E-state index is 12.4. The molecule has 3 fully saturated rings. The van der Waals surface area contributed by atoms with Crippen molar-refractivity contribution >= 4 is 5.91 Å². The second kappa shape index (κ2) is 5.38. The molecule has 3 heteroatoms. The van der Waals surface area contributed by atoms with Gasteiger partial charge in [-0.3, -0.25) is 4.79 Å². The standard InChI is InChI=1S/C19H25NO2/c1-14-4-6-15(7-5-14)16-13-19(16)8-10-20(11-9-19)18(21)17-3-2-12-22-17/h4-7,16-17H,2-3,8-13H2,1H3/t16-,17-/m1/s1. The number of amides is 1. The fraction of sp³-hybridized carbons (Fsp3) is 0.632. The molecular weight excluding hydrogens is 274 g/mol. The van der Waals surface area contributed by atoms with Crippen molar-refractivity contribution in [3.8, 4) is 0 Å². The maximum absolute atomic E-state index is 12.4. The number of carbonyl (C=O) groups is 1. The molecule has 1 aliphatic carbocycles. The van der Waals surface area contributed by atoms with E-state index < -0.39 is 0 Å². The lowest BCUT2D eigenvalue weighted by Gasteiger charge is -2.34. The van der Waals surface area contributed by atoms with Gasteiger partial charge in [-0.1, -0.05) is 29.8 Å². The van der Waals surface area contributed by atoms with E-state index >= 15 is 0 Å². The van der Waals surface area contributed by atoms with Crippen LogP contribution in [0.1, 0.15) is 49.1 Å². The van der Waals surface area contributed by atoms with E-state index in [1.807, 2.05) is 4.90 Å². The van der Waals surface area contributed by atoms with Crippen molar-refractivity contribution in [2.45, 2.75) is 51.0 Å². The first-order valence-corrected chi connectivity index (χ1v) is 8.65. The summed E-state index contributed by atoms with van der Waals surface area (Å²) < 4.78 is 5.55. The Balaban J connectivity index is 1.36. The molecule has 0 N–H and O–H groups in total. The predicted molar refractivity (Wildman–Crippen MR) is 85.8 cm³/mol. The highest BCUT2D eigenvalue weighted by Gasteiger charge is 2.55. The molecule has 0 radical (unpaired) electrons. The van der Waals surface area contributed by atoms with Crippen LogP contribution in [0.2, 0.25) is 0 Å². The Kier molecular flexibility index (Phi) is 3.48. The van der Waals surface area contributed by atoms with Crippen LogP contribution in [0.15, 0.2) is 24.3 Å². The summed E-state index contributed by atoms with van der Waals surface area (Å²) in [7, 11) is 0. The van der Waals surface area contributed by atoms with Crippen LogP contribution in [0.4, 0.5) is 0 Å². The van der Waals surface area contributed by atoms with E-state index in [2.05, 4.69) is 31.2 Å². The molecule has 3 nitrogen and oxygen atoms in total. The van der Waals surface area contributed by atoms with Crippen LogP contribution in [0.25, 0.3) is 0 Å². The van der Waals surface area contributed by atoms with E-state index in [-0.39, 0.29) is 12.0 Å². The van der Waals surface area contributed by atoms with Gasteiger partial charge in [0, 0.05) is 19.7 Å². The molecule has 2 atom stereocenters. The molecule has 1 saturated carbocycles. The number of carbonyl (C=O) groups excluding carboxylic acids is 1. The molecule has 2 aliphatic heterocycles. The normalized spacial score (nSPS) is 29.8. The fourth-order valence-corrected chi connectivity index (χ4v) is 4.32. The van der Waals surface area contributed by atoms with Crippen LogP contribution in [0, 0.1) is 12.3 Å². The molecule has 1 aromatic rings. The zero-order chi connectivity index (χ0) is 15.2. The Bertz CT molecular complexity index is 551. The monoisotopic (exact) mass is 299 g/mol. The summed E-state index contributed by atoms with van der Waals surface area (Å²) in [4.78, 5) is 14.5. The molecule has 1 spiro atoms. The van der Waals surface area contributed by atoms with Crippen molar-refractivity contribution in [3.05, 3.63) is 35.4 Å². The van der Waals surface area contributed by atoms with Crippen LogP contribution in [0.3, 0.4) is 0 Å². The van der Waals surface area contributed by atoms with Crippen LogP contribution in [0.5, 0.6) is 0 Å². The van der Waals surface area contributed by atoms with Crippen molar-refractivity contribution in [1.29, 1.82) is 0 Å². The van der Waals surface area contributed by atoms with E-state index in [1.165, 1.54) is 17.5 Å². The Labute approximate surface area is 132 Å². The quantitative estimate of drug-likeness (QED) is 0.839. The van der Waals surface area contributed by atoms with Crippen LogP contribution < -0.4 is 0 Å². The highest BCUT2D eigenvalue weighted by molar-refractivity contribution is 5.81. The molecule has 0 unspecified atom stereocenters. The van der Waals surface area contributed by atoms with Gasteiger partial charge >= 0.3 is 0 Å². The number of piperidine rings is 1. The predicted octanol–water partition coefficient (Wildman–Crippen LogP) is 3.27. The van der Waals surface area contributed by atoms with E-state index in [0.29, 0.717) is 11.3 Å². The summed E-state index contributed by atoms with van der Waals surface area (Å²) in [6.45, 7) is 4.73. The molecule has 2 saturated heterocycles. The Morgan fingerprint density at radius 1 is 1.23 bits per heavy atom. The summed E-state index contributed by atoms with van der Waals surface area (Å²) in [6.07, 6.45) is 5.41. The number of benzene rings is 1. The van der Waals surface area contributed by atoms with Crippen LogP contribution in [-0.4, -0.2) is 36.6 Å². The Morgan fingerprint density at radius 3 is 2.59 bits per heavy atom. The summed E-state index contributed by atoms with van der Waals surface area (Å²) in [6, 6.07) is 9.02. The average Bonchev–Trinajstić information content (AvgIpc) is 2.99. The SMILES string of the molecule is Cc1ccc([C@H]2CC23CCN(C(=O)[C@H]2CCCO2)CC3)cc1. The van der Waals surface area contributed by atoms with Gasteiger partial charge in [0.15, 0.2) is 0 Å². The third-order valence-corrected chi connectivity index (χ3v) is 5.95. The zero-order valence-corrected chi connectivity index (χ0v) is 13.4. The van der Waals surface area contributed by atoms with Crippen molar-refractivity contribution in [2.75, 3.05) is 19.7 Å². The van der Waals surface area contributed by atoms with Crippen molar-refractivity contribution < 1.29 is 9.53 Å². The second-order valence-corrected chi connectivity index (χ2v) is 7.36. The topological polar surface area (TPSA) is 29.5 Å². The summed E-state index contributed by atoms with van der Waals surface area (Å²) in [5.74, 6) is 0.952. The first kappa shape index (κ1) is 14.3. The Morgan fingerprint density at radius 2 is 1.95 bits per heavy atom. The lowest BCUT2D eigenvalue weighted by atomic mass is 9.88. The number of hydrogen-bond acceptors (Lipinski definition) is 2. The molecule has 0 aromatic heterocycles. The van der Waals surface area contributed by atoms with Gasteiger partial charge in [0.1, 0.15) is 6.10 Å². The number of nitrogens with zero attached hydrogens (tertiary/aromatic N) is 1. The lowest BCUT2D eigenvalue weighted by molar-refractivity contribution is -0.142. The summed E-state index contributed by atoms with van der Waals surface area (Å²) in [5, 5.41) is 0. The fourth-order valence-electron chi connectivity index (χ4n) is 4.32. The summed E-state index contributed by atoms with van der Waals surface area (Å²) in [5.41, 5.74) is 3.29. The first-order chi connectivity index (χ1) is 10.7. The molecule has 3 aliphatic rings. The van der Waals surface area contributed by atoms with Crippen molar-refractivity contribution in [2.24, 2.45) is 5.41 Å². The smallest absolute Gasteiger partial charge is 0.251 e. The minimum absolute atomic E-state index is 0.152. The molecule has 1 aromatic carbocycles. The van der Waals surface area contributed by atoms with Crippen LogP contribution >= 0.6 is 0 Å². The minimum Gasteiger partial charge on any atom is -0.368 e. The number of ether oxygens (including phenoxy) is 1. The molecular formula is C19H25NO2. The number of aryl methyl sites for hydroxylation is 1. The highest BCUT2D eigenvalue weighted by atomic mass is 16.5. The average molecular weight is 299 g/mol. The summed E-state index contributed by atoms with van der Waals surface area (Å²) >= 11 is 0. The third kappa shape index (κ3) is 2.45. The largest absolute Gasteiger partial charge is 0.368 e. The van der Waals surface area contributed by atoms with E-state index in [1.54, 1.807) is 0 Å². The molecule has 118 valence electrons. The maximum Gasteiger partial charge on any atom is 0.251 e. The van der Waals surface area contributed by atoms with Gasteiger partial charge < -0.3 is 9.64 Å². The van der Waals surface area contributed by atoms with E-state index in [9.17, 15) is 4.79 Å². The molecule has 22 heavy (non-hydrogen) atoms. The van der Waals surface area contributed by atoms with E-state index in [0.717, 1.165) is 45.4 Å². The molecule has 2 heterocycles. The molecule has 0 bridgehead atoms. The second-order valence-electron chi connectivity index (χ2n) is 7.36. The van der Waals surface area contributed by atoms with Crippen LogP contribution in [-0.2, 0) is 9.53 Å². The van der Waals surface area contributed by atoms with E-state index in [4.69, 9.17) is 4.74 Å². The number of hydrogen-bond donors (Lipinski definition) is 0. The molecule has 1 amide bonds. The highest BCUT2D eigenvalue weighted by Crippen LogP contribution is 2.64. The lowest BCUT2D eigenvalue weighted by Crippen LogP contribution is -2.44. The molecule has 4 rings (SSSR count). The van der Waals surface area contributed by atoms with Gasteiger partial charge in [-0.15, -0.1) is 0 Å². The van der Waals surface area contributed by atoms with Crippen molar-refractivity contribution in [3.63, 3.8) is 0 Å². The minimum atomic E-state index is -0.152. The van der Waals surface area contributed by atoms with Gasteiger partial charge in [-0.25, -0.2) is 0 Å². The third-order valence-electron chi connectivity index (χ3n) is 5.95.